The molecule has 0 aromatic carbocycles. The molecule has 0 radical (unpaired) electrons. The number of nitrogen functional groups attached to an aromatic ring is 1. The molecule has 76 valence electrons. The van der Waals surface area contributed by atoms with Crippen LogP contribution >= 0.6 is 27.7 Å². The zero-order valence-electron chi connectivity index (χ0n) is 7.59. The number of aromatic nitrogens is 3. The normalized spacial score (nSPS) is 10.2. The molecule has 2 aromatic rings. The SMILES string of the molecule is Nc1ncc(Br)c(Sc2ccncc2)n1. The van der Waals surface area contributed by atoms with Crippen molar-refractivity contribution in [2.24, 2.45) is 0 Å². The van der Waals surface area contributed by atoms with Crippen LogP contribution < -0.4 is 5.73 Å². The van der Waals surface area contributed by atoms with Gasteiger partial charge in [-0.2, -0.15) is 0 Å². The lowest BCUT2D eigenvalue weighted by molar-refractivity contribution is 1.04. The Morgan fingerprint density at radius 2 is 2.00 bits per heavy atom. The first-order valence-electron chi connectivity index (χ1n) is 4.11. The van der Waals surface area contributed by atoms with Gasteiger partial charge >= 0.3 is 0 Å². The summed E-state index contributed by atoms with van der Waals surface area (Å²) < 4.78 is 0.832. The summed E-state index contributed by atoms with van der Waals surface area (Å²) >= 11 is 4.88. The predicted octanol–water partition coefficient (Wildman–Crippen LogP) is 2.37. The van der Waals surface area contributed by atoms with Crippen LogP contribution in [0.25, 0.3) is 0 Å². The molecule has 6 heteroatoms. The third kappa shape index (κ3) is 2.66. The standard InChI is InChI=1S/C9H7BrN4S/c10-7-5-13-9(11)14-8(7)15-6-1-3-12-4-2-6/h1-5H,(H2,11,13,14). The maximum atomic E-state index is 5.51. The number of hydrogen-bond acceptors (Lipinski definition) is 5. The highest BCUT2D eigenvalue weighted by Gasteiger charge is 2.05. The smallest absolute Gasteiger partial charge is 0.221 e. The fraction of sp³-hybridized carbons (Fsp3) is 0. The molecule has 0 spiro atoms. The van der Waals surface area contributed by atoms with Gasteiger partial charge in [-0.1, -0.05) is 11.8 Å². The number of nitrogens with zero attached hydrogens (tertiary/aromatic N) is 3. The second-order valence-electron chi connectivity index (χ2n) is 2.67. The molecule has 0 aliphatic heterocycles. The summed E-state index contributed by atoms with van der Waals surface area (Å²) in [4.78, 5) is 13.0. The third-order valence-corrected chi connectivity index (χ3v) is 3.45. The zero-order valence-corrected chi connectivity index (χ0v) is 9.99. The van der Waals surface area contributed by atoms with E-state index in [1.807, 2.05) is 12.1 Å². The number of pyridine rings is 1. The second kappa shape index (κ2) is 4.59. The average Bonchev–Trinajstić information content (AvgIpc) is 2.25. The van der Waals surface area contributed by atoms with Crippen LogP contribution in [0.2, 0.25) is 0 Å². The van der Waals surface area contributed by atoms with E-state index < -0.39 is 0 Å². The van der Waals surface area contributed by atoms with E-state index in [2.05, 4.69) is 30.9 Å². The van der Waals surface area contributed by atoms with Gasteiger partial charge in [0.1, 0.15) is 5.03 Å². The fourth-order valence-electron chi connectivity index (χ4n) is 0.954. The number of halogens is 1. The Kier molecular flexibility index (Phi) is 3.17. The Morgan fingerprint density at radius 1 is 1.27 bits per heavy atom. The molecule has 4 nitrogen and oxygen atoms in total. The van der Waals surface area contributed by atoms with E-state index in [-0.39, 0.29) is 5.95 Å². The van der Waals surface area contributed by atoms with Crippen molar-refractivity contribution in [3.63, 3.8) is 0 Å². The van der Waals surface area contributed by atoms with Crippen LogP contribution in [-0.2, 0) is 0 Å². The summed E-state index contributed by atoms with van der Waals surface area (Å²) in [5.74, 6) is 0.273. The van der Waals surface area contributed by atoms with E-state index in [1.165, 1.54) is 11.8 Å². The van der Waals surface area contributed by atoms with E-state index >= 15 is 0 Å². The molecule has 0 fully saturated rings. The van der Waals surface area contributed by atoms with Gasteiger partial charge in [-0.15, -0.1) is 0 Å². The Labute approximate surface area is 99.5 Å². The Bertz CT molecular complexity index is 463. The Morgan fingerprint density at radius 3 is 2.73 bits per heavy atom. The van der Waals surface area contributed by atoms with Crippen LogP contribution in [0.4, 0.5) is 5.95 Å². The molecule has 15 heavy (non-hydrogen) atoms. The molecular formula is C9H7BrN4S. The van der Waals surface area contributed by atoms with Crippen LogP contribution in [0.3, 0.4) is 0 Å². The molecule has 2 aromatic heterocycles. The molecule has 2 N–H and O–H groups in total. The monoisotopic (exact) mass is 282 g/mol. The van der Waals surface area contributed by atoms with Crippen LogP contribution in [0, 0.1) is 0 Å². The minimum atomic E-state index is 0.273. The number of anilines is 1. The van der Waals surface area contributed by atoms with Gasteiger partial charge in [0.25, 0.3) is 0 Å². The molecule has 0 unspecified atom stereocenters. The fourth-order valence-corrected chi connectivity index (χ4v) is 2.16. The molecule has 0 bridgehead atoms. The van der Waals surface area contributed by atoms with Gasteiger partial charge in [-0.3, -0.25) is 4.98 Å². The van der Waals surface area contributed by atoms with Crippen LogP contribution in [0.15, 0.2) is 45.1 Å². The van der Waals surface area contributed by atoms with Gasteiger partial charge < -0.3 is 5.73 Å². The molecular weight excluding hydrogens is 276 g/mol. The van der Waals surface area contributed by atoms with Crippen LogP contribution in [0.5, 0.6) is 0 Å². The molecule has 2 heterocycles. The van der Waals surface area contributed by atoms with Gasteiger partial charge in [-0.25, -0.2) is 9.97 Å². The van der Waals surface area contributed by atoms with Crippen molar-refractivity contribution >= 4 is 33.6 Å². The van der Waals surface area contributed by atoms with E-state index in [0.29, 0.717) is 0 Å². The van der Waals surface area contributed by atoms with Gasteiger partial charge in [0.2, 0.25) is 5.95 Å². The molecule has 0 saturated heterocycles. The molecule has 0 amide bonds. The van der Waals surface area contributed by atoms with Crippen LogP contribution in [-0.4, -0.2) is 15.0 Å². The lowest BCUT2D eigenvalue weighted by Crippen LogP contribution is -1.95. The van der Waals surface area contributed by atoms with E-state index in [4.69, 9.17) is 5.73 Å². The minimum Gasteiger partial charge on any atom is -0.368 e. The van der Waals surface area contributed by atoms with Gasteiger partial charge in [-0.05, 0) is 28.1 Å². The third-order valence-electron chi connectivity index (χ3n) is 1.59. The van der Waals surface area contributed by atoms with Crippen molar-refractivity contribution in [1.29, 1.82) is 0 Å². The highest BCUT2D eigenvalue weighted by molar-refractivity contribution is 9.10. The average molecular weight is 283 g/mol. The molecule has 0 atom stereocenters. The van der Waals surface area contributed by atoms with Gasteiger partial charge in [0.15, 0.2) is 0 Å². The minimum absolute atomic E-state index is 0.273. The Hall–Kier alpha value is -1.14. The first-order chi connectivity index (χ1) is 7.25. The topological polar surface area (TPSA) is 64.7 Å². The predicted molar refractivity (Wildman–Crippen MR) is 62.5 cm³/mol. The van der Waals surface area contributed by atoms with Crippen molar-refractivity contribution in [2.75, 3.05) is 5.73 Å². The van der Waals surface area contributed by atoms with Gasteiger partial charge in [0.05, 0.1) is 4.47 Å². The number of hydrogen-bond donors (Lipinski definition) is 1. The Balaban J connectivity index is 2.28. The molecule has 0 aliphatic carbocycles. The zero-order chi connectivity index (χ0) is 10.7. The summed E-state index contributed by atoms with van der Waals surface area (Å²) in [6.07, 6.45) is 5.12. The van der Waals surface area contributed by atoms with E-state index in [1.54, 1.807) is 18.6 Å². The summed E-state index contributed by atoms with van der Waals surface area (Å²) in [6.45, 7) is 0. The number of rotatable bonds is 2. The maximum absolute atomic E-state index is 5.51. The van der Waals surface area contributed by atoms with Crippen molar-refractivity contribution in [2.45, 2.75) is 9.92 Å². The van der Waals surface area contributed by atoms with Crippen LogP contribution in [0.1, 0.15) is 0 Å². The first-order valence-corrected chi connectivity index (χ1v) is 5.72. The van der Waals surface area contributed by atoms with Crippen molar-refractivity contribution in [3.8, 4) is 0 Å². The molecule has 0 aliphatic rings. The van der Waals surface area contributed by atoms with Gasteiger partial charge in [0, 0.05) is 23.5 Å². The van der Waals surface area contributed by atoms with E-state index in [9.17, 15) is 0 Å². The molecule has 0 saturated carbocycles. The summed E-state index contributed by atoms with van der Waals surface area (Å²) in [5.41, 5.74) is 5.51. The highest BCUT2D eigenvalue weighted by Crippen LogP contribution is 2.31. The van der Waals surface area contributed by atoms with Crippen molar-refractivity contribution < 1.29 is 0 Å². The van der Waals surface area contributed by atoms with Crippen molar-refractivity contribution in [1.82, 2.24) is 15.0 Å². The second-order valence-corrected chi connectivity index (χ2v) is 4.58. The summed E-state index contributed by atoms with van der Waals surface area (Å²) in [6, 6.07) is 3.82. The molecule has 2 rings (SSSR count). The lowest BCUT2D eigenvalue weighted by atomic mass is 10.5. The van der Waals surface area contributed by atoms with E-state index in [0.717, 1.165) is 14.4 Å². The number of nitrogens with two attached hydrogens (primary N) is 1. The van der Waals surface area contributed by atoms with Crippen molar-refractivity contribution in [3.05, 3.63) is 35.2 Å². The summed E-state index contributed by atoms with van der Waals surface area (Å²) in [7, 11) is 0. The largest absolute Gasteiger partial charge is 0.368 e. The first kappa shape index (κ1) is 10.4. The quantitative estimate of drug-likeness (QED) is 0.857. The maximum Gasteiger partial charge on any atom is 0.221 e. The lowest BCUT2D eigenvalue weighted by Gasteiger charge is -2.02. The highest BCUT2D eigenvalue weighted by atomic mass is 79.9. The summed E-state index contributed by atoms with van der Waals surface area (Å²) in [5, 5.41) is 0.800.